The van der Waals surface area contributed by atoms with E-state index in [0.717, 1.165) is 18.5 Å². The minimum Gasteiger partial charge on any atom is -0.481 e. The molecule has 0 spiro atoms. The molecule has 3 heterocycles. The van der Waals surface area contributed by atoms with Gasteiger partial charge in [-0.1, -0.05) is 5.16 Å². The molecule has 1 amide bonds. The van der Waals surface area contributed by atoms with E-state index >= 15 is 0 Å². The third-order valence-electron chi connectivity index (χ3n) is 5.20. The Morgan fingerprint density at radius 2 is 2.08 bits per heavy atom. The first kappa shape index (κ1) is 17.0. The fourth-order valence-electron chi connectivity index (χ4n) is 3.59. The van der Waals surface area contributed by atoms with Gasteiger partial charge in [0.1, 0.15) is 0 Å². The zero-order valence-electron chi connectivity index (χ0n) is 14.6. The van der Waals surface area contributed by atoms with Gasteiger partial charge in [0.2, 0.25) is 0 Å². The van der Waals surface area contributed by atoms with Gasteiger partial charge in [-0.2, -0.15) is 0 Å². The van der Waals surface area contributed by atoms with E-state index in [1.165, 1.54) is 0 Å². The number of hydrogen-bond donors (Lipinski definition) is 2. The van der Waals surface area contributed by atoms with Crippen LogP contribution in [0.25, 0.3) is 11.1 Å². The Bertz CT molecular complexity index is 865. The molecule has 0 unspecified atom stereocenters. The molecule has 0 radical (unpaired) electrons. The summed E-state index contributed by atoms with van der Waals surface area (Å²) >= 11 is 0. The summed E-state index contributed by atoms with van der Waals surface area (Å²) in [6.45, 7) is 2.63. The van der Waals surface area contributed by atoms with Crippen molar-refractivity contribution >= 4 is 23.0 Å². The minimum atomic E-state index is -0.938. The number of carboxylic acid groups (broad SMARTS) is 1. The van der Waals surface area contributed by atoms with Crippen LogP contribution in [-0.4, -0.2) is 45.9 Å². The molecule has 2 N–H and O–H groups in total. The summed E-state index contributed by atoms with van der Waals surface area (Å²) in [6.07, 6.45) is 2.91. The lowest BCUT2D eigenvalue weighted by atomic mass is 9.86. The van der Waals surface area contributed by atoms with E-state index in [-0.39, 0.29) is 12.3 Å². The Labute approximate surface area is 149 Å². The monoisotopic (exact) mass is 359 g/mol. The number of nitrogens with zero attached hydrogens (tertiary/aromatic N) is 2. The van der Waals surface area contributed by atoms with Crippen LogP contribution in [-0.2, 0) is 9.53 Å². The second kappa shape index (κ2) is 6.35. The molecule has 1 aliphatic carbocycles. The summed E-state index contributed by atoms with van der Waals surface area (Å²) in [5.74, 6) is -0.895. The van der Waals surface area contributed by atoms with Crippen LogP contribution >= 0.6 is 0 Å². The van der Waals surface area contributed by atoms with E-state index in [1.807, 2.05) is 0 Å². The molecule has 2 aliphatic rings. The fourth-order valence-corrected chi connectivity index (χ4v) is 3.59. The van der Waals surface area contributed by atoms with Crippen LogP contribution in [0, 0.1) is 6.92 Å². The van der Waals surface area contributed by atoms with E-state index in [0.29, 0.717) is 54.3 Å². The number of nitrogens with one attached hydrogen (secondary N) is 1. The van der Waals surface area contributed by atoms with Crippen molar-refractivity contribution in [1.82, 2.24) is 15.5 Å². The lowest BCUT2D eigenvalue weighted by molar-refractivity contribution is -0.139. The zero-order valence-corrected chi connectivity index (χ0v) is 14.6. The van der Waals surface area contributed by atoms with E-state index < -0.39 is 11.5 Å². The molecule has 8 heteroatoms. The number of aryl methyl sites for hydroxylation is 1. The van der Waals surface area contributed by atoms with E-state index in [9.17, 15) is 14.7 Å². The summed E-state index contributed by atoms with van der Waals surface area (Å²) < 4.78 is 10.6. The van der Waals surface area contributed by atoms with Crippen LogP contribution in [0.3, 0.4) is 0 Å². The number of carbonyl (C=O) groups excluding carboxylic acids is 1. The number of aliphatic carboxylic acids is 1. The predicted molar refractivity (Wildman–Crippen MR) is 91.0 cm³/mol. The number of carbonyl (C=O) groups is 2. The number of fused-ring (bicyclic) bond motifs is 1. The van der Waals surface area contributed by atoms with Crippen LogP contribution in [0.4, 0.5) is 0 Å². The number of carboxylic acids is 1. The molecular formula is C18H21N3O5. The van der Waals surface area contributed by atoms with Gasteiger partial charge in [-0.15, -0.1) is 0 Å². The number of amides is 1. The lowest BCUT2D eigenvalue weighted by Gasteiger charge is -2.36. The minimum absolute atomic E-state index is 0.131. The predicted octanol–water partition coefficient (Wildman–Crippen LogP) is 2.16. The first-order valence-electron chi connectivity index (χ1n) is 8.86. The first-order chi connectivity index (χ1) is 12.5. The summed E-state index contributed by atoms with van der Waals surface area (Å²) in [5, 5.41) is 16.8. The average molecular weight is 359 g/mol. The zero-order chi connectivity index (χ0) is 18.3. The Kier molecular flexibility index (Phi) is 4.14. The van der Waals surface area contributed by atoms with Crippen molar-refractivity contribution in [3.05, 3.63) is 23.0 Å². The largest absolute Gasteiger partial charge is 0.481 e. The van der Waals surface area contributed by atoms with Gasteiger partial charge in [0.25, 0.3) is 11.6 Å². The molecular weight excluding hydrogens is 338 g/mol. The lowest BCUT2D eigenvalue weighted by Crippen LogP contribution is -2.53. The summed E-state index contributed by atoms with van der Waals surface area (Å²) in [7, 11) is 0. The van der Waals surface area contributed by atoms with Crippen LogP contribution < -0.4 is 5.32 Å². The maximum atomic E-state index is 13.1. The topological polar surface area (TPSA) is 115 Å². The van der Waals surface area contributed by atoms with Crippen LogP contribution in [0.5, 0.6) is 0 Å². The van der Waals surface area contributed by atoms with Crippen molar-refractivity contribution in [2.75, 3.05) is 13.2 Å². The molecule has 0 atom stereocenters. The van der Waals surface area contributed by atoms with Gasteiger partial charge in [0.05, 0.1) is 28.6 Å². The van der Waals surface area contributed by atoms with E-state index in [1.54, 1.807) is 13.0 Å². The SMILES string of the molecule is Cc1noc2nc(C3CC3)cc(C(=O)NC3(CC(=O)O)CCOCC3)c12. The third-order valence-corrected chi connectivity index (χ3v) is 5.20. The van der Waals surface area contributed by atoms with Crippen molar-refractivity contribution in [2.24, 2.45) is 0 Å². The molecule has 2 aromatic heterocycles. The quantitative estimate of drug-likeness (QED) is 0.840. The van der Waals surface area contributed by atoms with Crippen molar-refractivity contribution in [1.29, 1.82) is 0 Å². The highest BCUT2D eigenvalue weighted by Crippen LogP contribution is 2.40. The van der Waals surface area contributed by atoms with Gasteiger partial charge in [0, 0.05) is 24.8 Å². The second-order valence-electron chi connectivity index (χ2n) is 7.23. The van der Waals surface area contributed by atoms with Crippen LogP contribution in [0.2, 0.25) is 0 Å². The molecule has 1 saturated heterocycles. The first-order valence-corrected chi connectivity index (χ1v) is 8.86. The highest BCUT2D eigenvalue weighted by Gasteiger charge is 2.37. The molecule has 2 aromatic rings. The summed E-state index contributed by atoms with van der Waals surface area (Å²) in [4.78, 5) is 28.9. The molecule has 0 aromatic carbocycles. The van der Waals surface area contributed by atoms with Crippen LogP contribution in [0.15, 0.2) is 10.6 Å². The molecule has 138 valence electrons. The maximum Gasteiger partial charge on any atom is 0.305 e. The van der Waals surface area contributed by atoms with Crippen molar-refractivity contribution < 1.29 is 24.0 Å². The number of pyridine rings is 1. The Morgan fingerprint density at radius 1 is 1.35 bits per heavy atom. The fraction of sp³-hybridized carbons (Fsp3) is 0.556. The number of ether oxygens (including phenoxy) is 1. The van der Waals surface area contributed by atoms with E-state index in [2.05, 4.69) is 15.5 Å². The molecule has 2 fully saturated rings. The second-order valence-corrected chi connectivity index (χ2v) is 7.23. The van der Waals surface area contributed by atoms with Gasteiger partial charge in [-0.25, -0.2) is 4.98 Å². The van der Waals surface area contributed by atoms with Gasteiger partial charge < -0.3 is 19.7 Å². The highest BCUT2D eigenvalue weighted by molar-refractivity contribution is 6.06. The molecule has 26 heavy (non-hydrogen) atoms. The van der Waals surface area contributed by atoms with E-state index in [4.69, 9.17) is 9.26 Å². The molecule has 1 aliphatic heterocycles. The van der Waals surface area contributed by atoms with Gasteiger partial charge in [-0.3, -0.25) is 9.59 Å². The molecule has 0 bridgehead atoms. The summed E-state index contributed by atoms with van der Waals surface area (Å²) in [5.41, 5.74) is 1.43. The Morgan fingerprint density at radius 3 is 2.73 bits per heavy atom. The normalized spacial score (nSPS) is 19.4. The van der Waals surface area contributed by atoms with Crippen molar-refractivity contribution in [3.8, 4) is 0 Å². The molecule has 1 saturated carbocycles. The number of hydrogen-bond acceptors (Lipinski definition) is 6. The average Bonchev–Trinajstić information content (AvgIpc) is 3.38. The number of rotatable bonds is 5. The Balaban J connectivity index is 1.70. The third kappa shape index (κ3) is 3.16. The highest BCUT2D eigenvalue weighted by atomic mass is 16.5. The van der Waals surface area contributed by atoms with Crippen LogP contribution in [0.1, 0.15) is 59.8 Å². The van der Waals surface area contributed by atoms with Gasteiger partial charge >= 0.3 is 5.97 Å². The Hall–Kier alpha value is -2.48. The van der Waals surface area contributed by atoms with Crippen molar-refractivity contribution in [3.63, 3.8) is 0 Å². The summed E-state index contributed by atoms with van der Waals surface area (Å²) in [6, 6.07) is 1.80. The standard InChI is InChI=1S/C18H21N3O5/c1-10-15-12(8-13(11-2-3-11)19-17(15)26-21-10)16(24)20-18(9-14(22)23)4-6-25-7-5-18/h8,11H,2-7,9H2,1H3,(H,20,24)(H,22,23). The number of aromatic nitrogens is 2. The molecule has 4 rings (SSSR count). The van der Waals surface area contributed by atoms with Crippen molar-refractivity contribution in [2.45, 2.75) is 50.5 Å². The van der Waals surface area contributed by atoms with Gasteiger partial charge in [-0.05, 0) is 38.7 Å². The maximum absolute atomic E-state index is 13.1. The van der Waals surface area contributed by atoms with Gasteiger partial charge in [0.15, 0.2) is 0 Å². The molecule has 8 nitrogen and oxygen atoms in total. The smallest absolute Gasteiger partial charge is 0.305 e.